The molecule has 0 spiro atoms. The van der Waals surface area contributed by atoms with E-state index < -0.39 is 5.97 Å². The topological polar surface area (TPSA) is 66.4 Å². The number of aliphatic carboxylic acids is 1. The molecule has 0 aromatic heterocycles. The van der Waals surface area contributed by atoms with Crippen LogP contribution in [0.4, 0.5) is 0 Å². The predicted octanol–water partition coefficient (Wildman–Crippen LogP) is 1.47. The molecule has 0 aliphatic heterocycles. The Bertz CT molecular complexity index is 375. The minimum Gasteiger partial charge on any atom is -0.481 e. The first-order chi connectivity index (χ1) is 7.58. The van der Waals surface area contributed by atoms with Crippen LogP contribution in [0.25, 0.3) is 0 Å². The number of halogens is 1. The molecule has 0 unspecified atom stereocenters. The van der Waals surface area contributed by atoms with E-state index in [-0.39, 0.29) is 25.3 Å². The summed E-state index contributed by atoms with van der Waals surface area (Å²) in [6, 6.07) is 6.95. The summed E-state index contributed by atoms with van der Waals surface area (Å²) in [7, 11) is 0. The lowest BCUT2D eigenvalue weighted by atomic mass is 10.1. The number of carbonyl (C=O) groups excluding carboxylic acids is 1. The molecule has 1 rings (SSSR count). The Morgan fingerprint density at radius 3 is 2.44 bits per heavy atom. The van der Waals surface area contributed by atoms with Crippen molar-refractivity contribution in [3.8, 4) is 0 Å². The highest BCUT2D eigenvalue weighted by molar-refractivity contribution is 6.30. The van der Waals surface area contributed by atoms with Crippen LogP contribution >= 0.6 is 11.6 Å². The SMILES string of the molecule is O=C(O)CCNC(=O)Cc1ccc(Cl)cc1. The number of carboxylic acids is 1. The van der Waals surface area contributed by atoms with Crippen LogP contribution in [0.15, 0.2) is 24.3 Å². The molecule has 0 aliphatic rings. The molecule has 0 bridgehead atoms. The zero-order valence-corrected chi connectivity index (χ0v) is 9.33. The van der Waals surface area contributed by atoms with E-state index in [1.807, 2.05) is 0 Å². The first-order valence-electron chi connectivity index (χ1n) is 4.81. The first-order valence-corrected chi connectivity index (χ1v) is 5.18. The number of carboxylic acid groups (broad SMARTS) is 1. The van der Waals surface area contributed by atoms with Gasteiger partial charge in [0.05, 0.1) is 12.8 Å². The van der Waals surface area contributed by atoms with Crippen molar-refractivity contribution in [3.05, 3.63) is 34.9 Å². The summed E-state index contributed by atoms with van der Waals surface area (Å²) in [5.74, 6) is -1.12. The van der Waals surface area contributed by atoms with Crippen LogP contribution in [-0.2, 0) is 16.0 Å². The predicted molar refractivity (Wildman–Crippen MR) is 60.4 cm³/mol. The fourth-order valence-electron chi connectivity index (χ4n) is 1.16. The van der Waals surface area contributed by atoms with Crippen LogP contribution in [0.1, 0.15) is 12.0 Å². The van der Waals surface area contributed by atoms with Crippen molar-refractivity contribution in [1.29, 1.82) is 0 Å². The van der Waals surface area contributed by atoms with E-state index in [2.05, 4.69) is 5.32 Å². The van der Waals surface area contributed by atoms with Crippen molar-refractivity contribution >= 4 is 23.5 Å². The molecule has 2 N–H and O–H groups in total. The lowest BCUT2D eigenvalue weighted by Crippen LogP contribution is -2.27. The van der Waals surface area contributed by atoms with Crippen LogP contribution in [0.5, 0.6) is 0 Å². The molecule has 1 amide bonds. The van der Waals surface area contributed by atoms with E-state index in [0.717, 1.165) is 5.56 Å². The molecule has 86 valence electrons. The minimum absolute atomic E-state index is 0.0631. The van der Waals surface area contributed by atoms with Gasteiger partial charge in [-0.3, -0.25) is 9.59 Å². The summed E-state index contributed by atoms with van der Waals surface area (Å²) in [5, 5.41) is 11.5. The Labute approximate surface area is 98.2 Å². The number of amides is 1. The van der Waals surface area contributed by atoms with E-state index in [1.54, 1.807) is 24.3 Å². The van der Waals surface area contributed by atoms with Gasteiger partial charge in [0.1, 0.15) is 0 Å². The van der Waals surface area contributed by atoms with Crippen LogP contribution in [-0.4, -0.2) is 23.5 Å². The van der Waals surface area contributed by atoms with Crippen molar-refractivity contribution in [2.75, 3.05) is 6.54 Å². The normalized spacial score (nSPS) is 9.81. The Hall–Kier alpha value is -1.55. The third kappa shape index (κ3) is 4.79. The van der Waals surface area contributed by atoms with Crippen LogP contribution in [0.2, 0.25) is 5.02 Å². The van der Waals surface area contributed by atoms with Crippen molar-refractivity contribution in [3.63, 3.8) is 0 Å². The maximum Gasteiger partial charge on any atom is 0.305 e. The van der Waals surface area contributed by atoms with E-state index in [4.69, 9.17) is 16.7 Å². The molecule has 0 radical (unpaired) electrons. The summed E-state index contributed by atoms with van der Waals surface area (Å²) >= 11 is 5.70. The highest BCUT2D eigenvalue weighted by Gasteiger charge is 2.03. The monoisotopic (exact) mass is 241 g/mol. The molecule has 1 aromatic rings. The average molecular weight is 242 g/mol. The molecule has 0 aliphatic carbocycles. The van der Waals surface area contributed by atoms with E-state index >= 15 is 0 Å². The summed E-state index contributed by atoms with van der Waals surface area (Å²) in [5.41, 5.74) is 0.845. The molecular formula is C11H12ClNO3. The third-order valence-electron chi connectivity index (χ3n) is 1.94. The average Bonchev–Trinajstić information content (AvgIpc) is 2.21. The summed E-state index contributed by atoms with van der Waals surface area (Å²) < 4.78 is 0. The maximum absolute atomic E-state index is 11.3. The van der Waals surface area contributed by atoms with Crippen LogP contribution < -0.4 is 5.32 Å². The van der Waals surface area contributed by atoms with Gasteiger partial charge < -0.3 is 10.4 Å². The summed E-state index contributed by atoms with van der Waals surface area (Å²) in [6.07, 6.45) is 0.170. The molecule has 1 aromatic carbocycles. The van der Waals surface area contributed by atoms with E-state index in [0.29, 0.717) is 5.02 Å². The quantitative estimate of drug-likeness (QED) is 0.821. The van der Waals surface area contributed by atoms with Gasteiger partial charge in [-0.1, -0.05) is 23.7 Å². The van der Waals surface area contributed by atoms with Gasteiger partial charge in [-0.05, 0) is 17.7 Å². The second-order valence-electron chi connectivity index (χ2n) is 3.30. The summed E-state index contributed by atoms with van der Waals surface area (Å²) in [6.45, 7) is 0.155. The minimum atomic E-state index is -0.924. The molecule has 4 nitrogen and oxygen atoms in total. The van der Waals surface area contributed by atoms with Gasteiger partial charge in [-0.25, -0.2) is 0 Å². The van der Waals surface area contributed by atoms with Gasteiger partial charge in [0.25, 0.3) is 0 Å². The molecule has 16 heavy (non-hydrogen) atoms. The molecular weight excluding hydrogens is 230 g/mol. The molecule has 0 fully saturated rings. The number of hydrogen-bond acceptors (Lipinski definition) is 2. The second kappa shape index (κ2) is 6.12. The van der Waals surface area contributed by atoms with Crippen molar-refractivity contribution in [1.82, 2.24) is 5.32 Å². The van der Waals surface area contributed by atoms with E-state index in [9.17, 15) is 9.59 Å². The van der Waals surface area contributed by atoms with Gasteiger partial charge in [0.15, 0.2) is 0 Å². The molecule has 0 saturated carbocycles. The Kier molecular flexibility index (Phi) is 4.79. The van der Waals surface area contributed by atoms with Crippen LogP contribution in [0, 0.1) is 0 Å². The summed E-state index contributed by atoms with van der Waals surface area (Å²) in [4.78, 5) is 21.6. The molecule has 0 heterocycles. The van der Waals surface area contributed by atoms with Crippen molar-refractivity contribution in [2.24, 2.45) is 0 Å². The van der Waals surface area contributed by atoms with E-state index in [1.165, 1.54) is 0 Å². The smallest absolute Gasteiger partial charge is 0.305 e. The Balaban J connectivity index is 2.34. The van der Waals surface area contributed by atoms with Crippen LogP contribution in [0.3, 0.4) is 0 Å². The number of rotatable bonds is 5. The van der Waals surface area contributed by atoms with Crippen molar-refractivity contribution in [2.45, 2.75) is 12.8 Å². The number of nitrogens with one attached hydrogen (secondary N) is 1. The first kappa shape index (κ1) is 12.5. The fraction of sp³-hybridized carbons (Fsp3) is 0.273. The lowest BCUT2D eigenvalue weighted by Gasteiger charge is -2.03. The Morgan fingerprint density at radius 2 is 1.88 bits per heavy atom. The van der Waals surface area contributed by atoms with Gasteiger partial charge in [-0.15, -0.1) is 0 Å². The van der Waals surface area contributed by atoms with Gasteiger partial charge in [0, 0.05) is 11.6 Å². The zero-order valence-electron chi connectivity index (χ0n) is 8.57. The number of benzene rings is 1. The second-order valence-corrected chi connectivity index (χ2v) is 3.73. The molecule has 0 atom stereocenters. The lowest BCUT2D eigenvalue weighted by molar-refractivity contribution is -0.136. The fourth-order valence-corrected chi connectivity index (χ4v) is 1.28. The van der Waals surface area contributed by atoms with Gasteiger partial charge in [-0.2, -0.15) is 0 Å². The van der Waals surface area contributed by atoms with Gasteiger partial charge in [0.2, 0.25) is 5.91 Å². The standard InChI is InChI=1S/C11H12ClNO3/c12-9-3-1-8(2-4-9)7-10(14)13-6-5-11(15)16/h1-4H,5-7H2,(H,13,14)(H,15,16). The third-order valence-corrected chi connectivity index (χ3v) is 2.19. The molecule has 0 saturated heterocycles. The molecule has 5 heteroatoms. The highest BCUT2D eigenvalue weighted by atomic mass is 35.5. The Morgan fingerprint density at radius 1 is 1.25 bits per heavy atom. The zero-order chi connectivity index (χ0) is 12.0. The number of hydrogen-bond donors (Lipinski definition) is 2. The largest absolute Gasteiger partial charge is 0.481 e. The number of carbonyl (C=O) groups is 2. The highest BCUT2D eigenvalue weighted by Crippen LogP contribution is 2.09. The van der Waals surface area contributed by atoms with Crippen molar-refractivity contribution < 1.29 is 14.7 Å². The maximum atomic E-state index is 11.3. The van der Waals surface area contributed by atoms with Gasteiger partial charge >= 0.3 is 5.97 Å².